The third-order valence-electron chi connectivity index (χ3n) is 2.45. The van der Waals surface area contributed by atoms with E-state index >= 15 is 0 Å². The highest BCUT2D eigenvalue weighted by molar-refractivity contribution is 7.99. The van der Waals surface area contributed by atoms with Gasteiger partial charge in [-0.05, 0) is 43.7 Å². The zero-order valence-corrected chi connectivity index (χ0v) is 10.6. The summed E-state index contributed by atoms with van der Waals surface area (Å²) in [4.78, 5) is 1.95. The lowest BCUT2D eigenvalue weighted by Crippen LogP contribution is -1.88. The summed E-state index contributed by atoms with van der Waals surface area (Å²) in [6.45, 7) is 4.11. The summed E-state index contributed by atoms with van der Waals surface area (Å²) >= 11 is 1.53. The average molecular weight is 247 g/mol. The van der Waals surface area contributed by atoms with Gasteiger partial charge in [0.1, 0.15) is 5.82 Å². The van der Waals surface area contributed by atoms with E-state index in [2.05, 4.69) is 32.0 Å². The van der Waals surface area contributed by atoms with Crippen molar-refractivity contribution < 1.29 is 4.39 Å². The van der Waals surface area contributed by atoms with E-state index in [1.54, 1.807) is 6.07 Å². The molecule has 0 radical (unpaired) electrons. The van der Waals surface area contributed by atoms with Gasteiger partial charge in [0.15, 0.2) is 0 Å². The zero-order chi connectivity index (χ0) is 12.4. The topological polar surface area (TPSA) is 26.0 Å². The largest absolute Gasteiger partial charge is 0.399 e. The number of hydrogen-bond acceptors (Lipinski definition) is 2. The first kappa shape index (κ1) is 12.0. The van der Waals surface area contributed by atoms with Gasteiger partial charge < -0.3 is 5.73 Å². The van der Waals surface area contributed by atoms with E-state index < -0.39 is 0 Å². The highest BCUT2D eigenvalue weighted by Gasteiger charge is 2.04. The molecule has 88 valence electrons. The Morgan fingerprint density at radius 3 is 2.47 bits per heavy atom. The van der Waals surface area contributed by atoms with Crippen molar-refractivity contribution in [1.82, 2.24) is 0 Å². The van der Waals surface area contributed by atoms with E-state index in [0.29, 0.717) is 5.69 Å². The Labute approximate surface area is 105 Å². The van der Waals surface area contributed by atoms with Crippen LogP contribution in [0.3, 0.4) is 0 Å². The van der Waals surface area contributed by atoms with Crippen LogP contribution in [0.25, 0.3) is 0 Å². The van der Waals surface area contributed by atoms with Crippen LogP contribution in [0, 0.1) is 19.7 Å². The summed E-state index contributed by atoms with van der Waals surface area (Å²) in [5, 5.41) is 0. The lowest BCUT2D eigenvalue weighted by molar-refractivity contribution is 0.625. The average Bonchev–Trinajstić information content (AvgIpc) is 2.21. The summed E-state index contributed by atoms with van der Waals surface area (Å²) in [6.07, 6.45) is 0. The van der Waals surface area contributed by atoms with Crippen molar-refractivity contribution in [2.75, 3.05) is 5.73 Å². The molecule has 0 bridgehead atoms. The molecule has 3 heteroatoms. The van der Waals surface area contributed by atoms with E-state index in [1.807, 2.05) is 0 Å². The molecule has 0 heterocycles. The van der Waals surface area contributed by atoms with Crippen LogP contribution in [0.4, 0.5) is 10.1 Å². The summed E-state index contributed by atoms with van der Waals surface area (Å²) in [5.41, 5.74) is 8.50. The molecule has 17 heavy (non-hydrogen) atoms. The minimum Gasteiger partial charge on any atom is -0.399 e. The molecule has 1 nitrogen and oxygen atoms in total. The van der Waals surface area contributed by atoms with Crippen LogP contribution in [0.2, 0.25) is 0 Å². The Kier molecular flexibility index (Phi) is 3.38. The highest BCUT2D eigenvalue weighted by atomic mass is 32.2. The summed E-state index contributed by atoms with van der Waals surface area (Å²) in [7, 11) is 0. The van der Waals surface area contributed by atoms with Gasteiger partial charge in [0, 0.05) is 15.5 Å². The fourth-order valence-electron chi connectivity index (χ4n) is 1.68. The molecule has 0 atom stereocenters. The van der Waals surface area contributed by atoms with E-state index in [1.165, 1.54) is 35.0 Å². The maximum atomic E-state index is 13.2. The van der Waals surface area contributed by atoms with Crippen LogP contribution in [-0.2, 0) is 0 Å². The molecule has 2 aromatic carbocycles. The van der Waals surface area contributed by atoms with Gasteiger partial charge in [-0.15, -0.1) is 0 Å². The van der Waals surface area contributed by atoms with Crippen LogP contribution in [0.15, 0.2) is 46.2 Å². The van der Waals surface area contributed by atoms with E-state index in [4.69, 9.17) is 5.73 Å². The molecule has 0 saturated heterocycles. The molecule has 2 aromatic rings. The second-order valence-corrected chi connectivity index (χ2v) is 5.21. The van der Waals surface area contributed by atoms with Crippen LogP contribution in [-0.4, -0.2) is 0 Å². The molecule has 0 aliphatic carbocycles. The smallest absolute Gasteiger partial charge is 0.126 e. The molecule has 0 fully saturated rings. The van der Waals surface area contributed by atoms with Crippen LogP contribution >= 0.6 is 11.8 Å². The molecule has 0 aliphatic heterocycles. The number of aryl methyl sites for hydroxylation is 2. The predicted octanol–water partition coefficient (Wildman–Crippen LogP) is 4.18. The van der Waals surface area contributed by atoms with E-state index in [-0.39, 0.29) is 5.82 Å². The van der Waals surface area contributed by atoms with Crippen molar-refractivity contribution in [2.24, 2.45) is 0 Å². The number of rotatable bonds is 2. The van der Waals surface area contributed by atoms with Crippen molar-refractivity contribution in [3.63, 3.8) is 0 Å². The molecule has 0 aromatic heterocycles. The first-order chi connectivity index (χ1) is 8.04. The fraction of sp³-hybridized carbons (Fsp3) is 0.143. The van der Waals surface area contributed by atoms with Crippen molar-refractivity contribution >= 4 is 17.4 Å². The third kappa shape index (κ3) is 3.01. The SMILES string of the molecule is Cc1ccc(Sc2cc(N)cc(F)c2)c(C)c1. The number of benzene rings is 2. The second-order valence-electron chi connectivity index (χ2n) is 4.09. The number of anilines is 1. The van der Waals surface area contributed by atoms with Gasteiger partial charge in [-0.2, -0.15) is 0 Å². The summed E-state index contributed by atoms with van der Waals surface area (Å²) in [6, 6.07) is 10.8. The fourth-order valence-corrected chi connectivity index (χ4v) is 2.66. The second kappa shape index (κ2) is 4.80. The first-order valence-corrected chi connectivity index (χ1v) is 6.17. The van der Waals surface area contributed by atoms with E-state index in [9.17, 15) is 4.39 Å². The number of hydrogen-bond donors (Lipinski definition) is 1. The van der Waals surface area contributed by atoms with Crippen molar-refractivity contribution in [2.45, 2.75) is 23.6 Å². The Morgan fingerprint density at radius 1 is 1.06 bits per heavy atom. The lowest BCUT2D eigenvalue weighted by Gasteiger charge is -2.07. The van der Waals surface area contributed by atoms with Gasteiger partial charge in [-0.1, -0.05) is 29.5 Å². The first-order valence-electron chi connectivity index (χ1n) is 5.36. The summed E-state index contributed by atoms with van der Waals surface area (Å²) < 4.78 is 13.2. The maximum Gasteiger partial charge on any atom is 0.126 e. The molecule has 0 saturated carbocycles. The van der Waals surface area contributed by atoms with Crippen molar-refractivity contribution in [3.05, 3.63) is 53.3 Å². The standard InChI is InChI=1S/C14H14FNS/c1-9-3-4-14(10(2)5-9)17-13-7-11(15)6-12(16)8-13/h3-8H,16H2,1-2H3. The number of halogens is 1. The maximum absolute atomic E-state index is 13.2. The van der Waals surface area contributed by atoms with Gasteiger partial charge >= 0.3 is 0 Å². The Hall–Kier alpha value is -1.48. The zero-order valence-electron chi connectivity index (χ0n) is 9.83. The van der Waals surface area contributed by atoms with E-state index in [0.717, 1.165) is 9.79 Å². The molecule has 0 aliphatic rings. The summed E-state index contributed by atoms with van der Waals surface area (Å²) in [5.74, 6) is -0.294. The van der Waals surface area contributed by atoms with Crippen LogP contribution in [0.5, 0.6) is 0 Å². The number of nitrogens with two attached hydrogens (primary N) is 1. The van der Waals surface area contributed by atoms with Gasteiger partial charge in [0.2, 0.25) is 0 Å². The minimum absolute atomic E-state index is 0.294. The molecule has 2 N–H and O–H groups in total. The minimum atomic E-state index is -0.294. The molecule has 0 unspecified atom stereocenters. The van der Waals surface area contributed by atoms with Gasteiger partial charge in [-0.25, -0.2) is 4.39 Å². The molecular weight excluding hydrogens is 233 g/mol. The third-order valence-corrected chi connectivity index (χ3v) is 3.60. The van der Waals surface area contributed by atoms with Crippen LogP contribution < -0.4 is 5.73 Å². The molecular formula is C14H14FNS. The van der Waals surface area contributed by atoms with Crippen LogP contribution in [0.1, 0.15) is 11.1 Å². The normalized spacial score (nSPS) is 10.5. The van der Waals surface area contributed by atoms with Crippen molar-refractivity contribution in [1.29, 1.82) is 0 Å². The monoisotopic (exact) mass is 247 g/mol. The van der Waals surface area contributed by atoms with Gasteiger partial charge in [0.05, 0.1) is 0 Å². The molecule has 2 rings (SSSR count). The Morgan fingerprint density at radius 2 is 1.82 bits per heavy atom. The quantitative estimate of drug-likeness (QED) is 0.806. The van der Waals surface area contributed by atoms with Gasteiger partial charge in [-0.3, -0.25) is 0 Å². The molecule has 0 spiro atoms. The highest BCUT2D eigenvalue weighted by Crippen LogP contribution is 2.32. The molecule has 0 amide bonds. The Bertz CT molecular complexity index is 532. The Balaban J connectivity index is 2.31. The predicted molar refractivity (Wildman–Crippen MR) is 70.9 cm³/mol. The number of nitrogen functional groups attached to an aromatic ring is 1. The van der Waals surface area contributed by atoms with Crippen molar-refractivity contribution in [3.8, 4) is 0 Å². The van der Waals surface area contributed by atoms with Gasteiger partial charge in [0.25, 0.3) is 0 Å². The lowest BCUT2D eigenvalue weighted by atomic mass is 10.2.